The number of rotatable bonds is 4. The molecule has 0 radical (unpaired) electrons. The van der Waals surface area contributed by atoms with Gasteiger partial charge < -0.3 is 19.5 Å². The third kappa shape index (κ3) is 3.69. The van der Waals surface area contributed by atoms with Crippen molar-refractivity contribution in [3.05, 3.63) is 40.9 Å². The molecule has 9 heteroatoms. The van der Waals surface area contributed by atoms with E-state index in [0.717, 1.165) is 15.8 Å². The summed E-state index contributed by atoms with van der Waals surface area (Å²) < 4.78 is 5.18. The predicted molar refractivity (Wildman–Crippen MR) is 111 cm³/mol. The molecule has 1 N–H and O–H groups in total. The van der Waals surface area contributed by atoms with E-state index in [9.17, 15) is 9.59 Å². The second-order valence-corrected chi connectivity index (χ2v) is 8.35. The minimum atomic E-state index is -0.431. The normalized spacial score (nSPS) is 15.6. The Morgan fingerprint density at radius 2 is 1.90 bits per heavy atom. The second kappa shape index (κ2) is 7.82. The highest BCUT2D eigenvalue weighted by molar-refractivity contribution is 7.18. The third-order valence-corrected chi connectivity index (χ3v) is 6.41. The summed E-state index contributed by atoms with van der Waals surface area (Å²) in [6, 6.07) is 2.92. The number of hydrogen-bond acceptors (Lipinski definition) is 7. The van der Waals surface area contributed by atoms with Gasteiger partial charge in [-0.05, 0) is 38.5 Å². The molecule has 29 heavy (non-hydrogen) atoms. The molecule has 152 valence electrons. The van der Waals surface area contributed by atoms with E-state index < -0.39 is 6.04 Å². The van der Waals surface area contributed by atoms with Crippen molar-refractivity contribution < 1.29 is 14.0 Å². The van der Waals surface area contributed by atoms with Crippen LogP contribution in [0.2, 0.25) is 0 Å². The first-order valence-corrected chi connectivity index (χ1v) is 10.4. The van der Waals surface area contributed by atoms with Gasteiger partial charge in [0.1, 0.15) is 23.0 Å². The summed E-state index contributed by atoms with van der Waals surface area (Å²) in [6.07, 6.45) is 3.01. The van der Waals surface area contributed by atoms with E-state index in [1.807, 2.05) is 13.8 Å². The molecule has 4 heterocycles. The molecule has 0 aromatic carbocycles. The Morgan fingerprint density at radius 1 is 1.17 bits per heavy atom. The van der Waals surface area contributed by atoms with Crippen LogP contribution >= 0.6 is 11.3 Å². The van der Waals surface area contributed by atoms with Gasteiger partial charge in [0.25, 0.3) is 5.91 Å². The number of piperazine rings is 1. The van der Waals surface area contributed by atoms with E-state index in [-0.39, 0.29) is 11.8 Å². The SMILES string of the molecule is Cc1sc2ncnc(NC(C)C(=O)N3CCN(C(=O)c4ccco4)CC3)c2c1C. The predicted octanol–water partition coefficient (Wildman–Crippen LogP) is 2.69. The summed E-state index contributed by atoms with van der Waals surface area (Å²) in [5, 5.41) is 4.24. The molecule has 1 saturated heterocycles. The monoisotopic (exact) mass is 413 g/mol. The molecule has 4 rings (SSSR count). The van der Waals surface area contributed by atoms with Crippen LogP contribution in [0.4, 0.5) is 5.82 Å². The van der Waals surface area contributed by atoms with E-state index in [1.54, 1.807) is 33.3 Å². The number of aryl methyl sites for hydroxylation is 2. The maximum atomic E-state index is 12.9. The molecule has 1 aliphatic rings. The lowest BCUT2D eigenvalue weighted by Gasteiger charge is -2.35. The topological polar surface area (TPSA) is 91.6 Å². The molecule has 8 nitrogen and oxygen atoms in total. The molecule has 1 fully saturated rings. The number of amides is 2. The van der Waals surface area contributed by atoms with Crippen LogP contribution in [0.5, 0.6) is 0 Å². The smallest absolute Gasteiger partial charge is 0.289 e. The minimum Gasteiger partial charge on any atom is -0.459 e. The first kappa shape index (κ1) is 19.4. The number of thiophene rings is 1. The second-order valence-electron chi connectivity index (χ2n) is 7.15. The van der Waals surface area contributed by atoms with Crippen LogP contribution in [0.15, 0.2) is 29.1 Å². The zero-order chi connectivity index (χ0) is 20.5. The highest BCUT2D eigenvalue weighted by Gasteiger charge is 2.28. The van der Waals surface area contributed by atoms with Crippen molar-refractivity contribution in [1.29, 1.82) is 0 Å². The van der Waals surface area contributed by atoms with Crippen molar-refractivity contribution in [2.75, 3.05) is 31.5 Å². The Labute approximate surface area is 172 Å². The molecule has 2 amide bonds. The summed E-state index contributed by atoms with van der Waals surface area (Å²) in [5.41, 5.74) is 1.14. The zero-order valence-electron chi connectivity index (χ0n) is 16.6. The number of fused-ring (bicyclic) bond motifs is 1. The van der Waals surface area contributed by atoms with Crippen LogP contribution in [0.1, 0.15) is 27.9 Å². The number of carbonyl (C=O) groups excluding carboxylic acids is 2. The summed E-state index contributed by atoms with van der Waals surface area (Å²) in [5.74, 6) is 0.866. The molecule has 0 aliphatic carbocycles. The van der Waals surface area contributed by atoms with E-state index in [2.05, 4.69) is 22.2 Å². The van der Waals surface area contributed by atoms with Crippen molar-refractivity contribution in [3.8, 4) is 0 Å². The Morgan fingerprint density at radius 3 is 2.59 bits per heavy atom. The third-order valence-electron chi connectivity index (χ3n) is 5.30. The highest BCUT2D eigenvalue weighted by Crippen LogP contribution is 2.32. The van der Waals surface area contributed by atoms with E-state index in [4.69, 9.17) is 4.42 Å². The first-order chi connectivity index (χ1) is 14.0. The Kier molecular flexibility index (Phi) is 5.23. The summed E-state index contributed by atoms with van der Waals surface area (Å²) in [7, 11) is 0. The van der Waals surface area contributed by atoms with Gasteiger partial charge >= 0.3 is 0 Å². The zero-order valence-corrected chi connectivity index (χ0v) is 17.5. The molecule has 0 bridgehead atoms. The first-order valence-electron chi connectivity index (χ1n) is 9.54. The van der Waals surface area contributed by atoms with E-state index >= 15 is 0 Å². The molecule has 0 spiro atoms. The molecule has 1 atom stereocenters. The van der Waals surface area contributed by atoms with Crippen LogP contribution in [0, 0.1) is 13.8 Å². The average molecular weight is 414 g/mol. The van der Waals surface area contributed by atoms with Gasteiger partial charge in [-0.3, -0.25) is 9.59 Å². The molecule has 0 saturated carbocycles. The van der Waals surface area contributed by atoms with Gasteiger partial charge in [0.05, 0.1) is 11.6 Å². The van der Waals surface area contributed by atoms with E-state index in [1.165, 1.54) is 17.5 Å². The van der Waals surface area contributed by atoms with Crippen LogP contribution in [-0.2, 0) is 4.79 Å². The number of hydrogen-bond donors (Lipinski definition) is 1. The molecular weight excluding hydrogens is 390 g/mol. The average Bonchev–Trinajstić information content (AvgIpc) is 3.36. The summed E-state index contributed by atoms with van der Waals surface area (Å²) >= 11 is 1.63. The highest BCUT2D eigenvalue weighted by atomic mass is 32.1. The Bertz CT molecular complexity index is 1040. The van der Waals surface area contributed by atoms with Crippen molar-refractivity contribution in [1.82, 2.24) is 19.8 Å². The molecular formula is C20H23N5O3S. The largest absolute Gasteiger partial charge is 0.459 e. The van der Waals surface area contributed by atoms with Crippen LogP contribution < -0.4 is 5.32 Å². The van der Waals surface area contributed by atoms with Gasteiger partial charge in [-0.15, -0.1) is 11.3 Å². The Balaban J connectivity index is 1.40. The van der Waals surface area contributed by atoms with Gasteiger partial charge in [0, 0.05) is 31.1 Å². The fourth-order valence-corrected chi connectivity index (χ4v) is 4.52. The fourth-order valence-electron chi connectivity index (χ4n) is 3.52. The maximum absolute atomic E-state index is 12.9. The summed E-state index contributed by atoms with van der Waals surface area (Å²) in [4.78, 5) is 39.6. The van der Waals surface area contributed by atoms with Crippen LogP contribution in [-0.4, -0.2) is 63.8 Å². The van der Waals surface area contributed by atoms with Gasteiger partial charge in [-0.1, -0.05) is 0 Å². The molecule has 1 aliphatic heterocycles. The number of nitrogens with zero attached hydrogens (tertiary/aromatic N) is 4. The van der Waals surface area contributed by atoms with Gasteiger partial charge in [0.2, 0.25) is 5.91 Å². The van der Waals surface area contributed by atoms with Gasteiger partial charge in [-0.25, -0.2) is 9.97 Å². The molecule has 3 aromatic rings. The van der Waals surface area contributed by atoms with Crippen molar-refractivity contribution >= 4 is 39.2 Å². The number of aromatic nitrogens is 2. The van der Waals surface area contributed by atoms with Crippen LogP contribution in [0.25, 0.3) is 10.2 Å². The maximum Gasteiger partial charge on any atom is 0.289 e. The lowest BCUT2D eigenvalue weighted by molar-refractivity contribution is -0.133. The van der Waals surface area contributed by atoms with Crippen LogP contribution in [0.3, 0.4) is 0 Å². The summed E-state index contributed by atoms with van der Waals surface area (Å²) in [6.45, 7) is 7.90. The fraction of sp³-hybridized carbons (Fsp3) is 0.400. The van der Waals surface area contributed by atoms with Gasteiger partial charge in [0.15, 0.2) is 5.76 Å². The lowest BCUT2D eigenvalue weighted by Crippen LogP contribution is -2.53. The Hall–Kier alpha value is -2.94. The lowest BCUT2D eigenvalue weighted by atomic mass is 10.2. The minimum absolute atomic E-state index is 0.00790. The standard InChI is InChI=1S/C20H23N5O3S/c1-12-14(3)29-18-16(12)17(21-11-22-18)23-13(2)19(26)24-6-8-25(9-7-24)20(27)15-5-4-10-28-15/h4-5,10-11,13H,6-9H2,1-3H3,(H,21,22,23). The van der Waals surface area contributed by atoms with Crippen molar-refractivity contribution in [2.24, 2.45) is 0 Å². The quantitative estimate of drug-likeness (QED) is 0.707. The number of nitrogens with one attached hydrogen (secondary N) is 1. The number of anilines is 1. The van der Waals surface area contributed by atoms with Crippen molar-refractivity contribution in [2.45, 2.75) is 26.8 Å². The van der Waals surface area contributed by atoms with Crippen molar-refractivity contribution in [3.63, 3.8) is 0 Å². The number of furan rings is 1. The number of carbonyl (C=O) groups is 2. The van der Waals surface area contributed by atoms with Gasteiger partial charge in [-0.2, -0.15) is 0 Å². The van der Waals surface area contributed by atoms with E-state index in [0.29, 0.717) is 37.8 Å². The molecule has 1 unspecified atom stereocenters. The molecule has 3 aromatic heterocycles.